The van der Waals surface area contributed by atoms with Crippen LogP contribution < -0.4 is 10.6 Å². The molecular formula is C13H15BrF2N2O. The van der Waals surface area contributed by atoms with E-state index in [1.807, 2.05) is 0 Å². The van der Waals surface area contributed by atoms with Gasteiger partial charge in [-0.1, -0.05) is 0 Å². The van der Waals surface area contributed by atoms with E-state index >= 15 is 0 Å². The number of anilines is 1. The van der Waals surface area contributed by atoms with Crippen LogP contribution in [0.5, 0.6) is 0 Å². The summed E-state index contributed by atoms with van der Waals surface area (Å²) in [5.74, 6) is -1.36. The molecule has 1 aliphatic heterocycles. The molecule has 1 saturated heterocycles. The number of amides is 1. The summed E-state index contributed by atoms with van der Waals surface area (Å²) in [5, 5.41) is 5.72. The fourth-order valence-electron chi connectivity index (χ4n) is 2.17. The van der Waals surface area contributed by atoms with Gasteiger partial charge in [-0.3, -0.25) is 4.79 Å². The Balaban J connectivity index is 1.96. The molecule has 0 radical (unpaired) electrons. The van der Waals surface area contributed by atoms with E-state index in [4.69, 9.17) is 0 Å². The highest BCUT2D eigenvalue weighted by atomic mass is 79.9. The fourth-order valence-corrected chi connectivity index (χ4v) is 2.51. The zero-order valence-corrected chi connectivity index (χ0v) is 11.9. The van der Waals surface area contributed by atoms with Crippen molar-refractivity contribution in [2.45, 2.75) is 19.3 Å². The fraction of sp³-hybridized carbons (Fsp3) is 0.462. The van der Waals surface area contributed by atoms with Crippen molar-refractivity contribution in [2.24, 2.45) is 5.92 Å². The molecule has 1 aromatic carbocycles. The summed E-state index contributed by atoms with van der Waals surface area (Å²) >= 11 is 2.97. The van der Waals surface area contributed by atoms with Crippen LogP contribution in [0.15, 0.2) is 16.6 Å². The van der Waals surface area contributed by atoms with Gasteiger partial charge in [0.25, 0.3) is 0 Å². The Kier molecular flexibility index (Phi) is 4.87. The first-order valence-electron chi connectivity index (χ1n) is 6.21. The minimum atomic E-state index is -0.764. The molecule has 2 N–H and O–H groups in total. The Hall–Kier alpha value is -1.01. The standard InChI is InChI=1S/C13H15BrF2N2O/c14-9-6-12(11(16)7-10(9)15)18-13(19)5-8-1-3-17-4-2-8/h6-8,17H,1-5H2,(H,18,19). The van der Waals surface area contributed by atoms with Crippen LogP contribution >= 0.6 is 15.9 Å². The van der Waals surface area contributed by atoms with Gasteiger partial charge in [0.05, 0.1) is 10.2 Å². The monoisotopic (exact) mass is 332 g/mol. The van der Waals surface area contributed by atoms with Crippen molar-refractivity contribution in [1.82, 2.24) is 5.32 Å². The largest absolute Gasteiger partial charge is 0.324 e. The molecule has 0 saturated carbocycles. The number of carbonyl (C=O) groups is 1. The Morgan fingerprint density at radius 3 is 2.68 bits per heavy atom. The summed E-state index contributed by atoms with van der Waals surface area (Å²) in [6, 6.07) is 2.00. The minimum Gasteiger partial charge on any atom is -0.324 e. The third-order valence-corrected chi connectivity index (χ3v) is 3.82. The molecular weight excluding hydrogens is 318 g/mol. The lowest BCUT2D eigenvalue weighted by atomic mass is 9.94. The summed E-state index contributed by atoms with van der Waals surface area (Å²) in [7, 11) is 0. The normalized spacial score (nSPS) is 16.4. The van der Waals surface area contributed by atoms with Gasteiger partial charge in [-0.05, 0) is 53.8 Å². The van der Waals surface area contributed by atoms with Gasteiger partial charge in [-0.15, -0.1) is 0 Å². The quantitative estimate of drug-likeness (QED) is 0.835. The van der Waals surface area contributed by atoms with Crippen molar-refractivity contribution >= 4 is 27.5 Å². The van der Waals surface area contributed by atoms with Crippen LogP contribution in [0.2, 0.25) is 0 Å². The number of carbonyl (C=O) groups excluding carboxylic acids is 1. The maximum absolute atomic E-state index is 13.5. The predicted octanol–water partition coefficient (Wildman–Crippen LogP) is 3.06. The number of hydrogen-bond acceptors (Lipinski definition) is 2. The molecule has 0 atom stereocenters. The van der Waals surface area contributed by atoms with Crippen molar-refractivity contribution in [3.05, 3.63) is 28.2 Å². The zero-order chi connectivity index (χ0) is 13.8. The van der Waals surface area contributed by atoms with Gasteiger partial charge in [0, 0.05) is 12.5 Å². The van der Waals surface area contributed by atoms with Crippen LogP contribution in [0, 0.1) is 17.6 Å². The highest BCUT2D eigenvalue weighted by molar-refractivity contribution is 9.10. The first kappa shape index (κ1) is 14.4. The number of piperidine rings is 1. The maximum atomic E-state index is 13.5. The highest BCUT2D eigenvalue weighted by Gasteiger charge is 2.18. The number of rotatable bonds is 3. The van der Waals surface area contributed by atoms with Crippen molar-refractivity contribution in [1.29, 1.82) is 0 Å². The smallest absolute Gasteiger partial charge is 0.224 e. The molecule has 104 valence electrons. The second-order valence-corrected chi connectivity index (χ2v) is 5.55. The van der Waals surface area contributed by atoms with Crippen LogP contribution in [0.4, 0.5) is 14.5 Å². The average Bonchev–Trinajstić information content (AvgIpc) is 2.37. The van der Waals surface area contributed by atoms with Crippen molar-refractivity contribution < 1.29 is 13.6 Å². The first-order valence-corrected chi connectivity index (χ1v) is 7.00. The Morgan fingerprint density at radius 1 is 1.32 bits per heavy atom. The maximum Gasteiger partial charge on any atom is 0.224 e. The van der Waals surface area contributed by atoms with Gasteiger partial charge in [0.15, 0.2) is 0 Å². The molecule has 1 fully saturated rings. The Bertz CT molecular complexity index is 476. The number of hydrogen-bond donors (Lipinski definition) is 2. The molecule has 0 aliphatic carbocycles. The summed E-state index contributed by atoms with van der Waals surface area (Å²) in [4.78, 5) is 11.8. The average molecular weight is 333 g/mol. The van der Waals surface area contributed by atoms with E-state index in [2.05, 4.69) is 26.6 Å². The van der Waals surface area contributed by atoms with Gasteiger partial charge < -0.3 is 10.6 Å². The molecule has 2 rings (SSSR count). The van der Waals surface area contributed by atoms with E-state index in [0.717, 1.165) is 32.0 Å². The van der Waals surface area contributed by atoms with Gasteiger partial charge >= 0.3 is 0 Å². The van der Waals surface area contributed by atoms with Crippen LogP contribution in [0.3, 0.4) is 0 Å². The first-order chi connectivity index (χ1) is 9.06. The molecule has 19 heavy (non-hydrogen) atoms. The van der Waals surface area contributed by atoms with Gasteiger partial charge in [-0.25, -0.2) is 8.78 Å². The third-order valence-electron chi connectivity index (χ3n) is 3.22. The molecule has 0 spiro atoms. The van der Waals surface area contributed by atoms with Crippen LogP contribution in [0.1, 0.15) is 19.3 Å². The molecule has 1 heterocycles. The number of nitrogens with one attached hydrogen (secondary N) is 2. The van der Waals surface area contributed by atoms with Crippen molar-refractivity contribution in [2.75, 3.05) is 18.4 Å². The van der Waals surface area contributed by atoms with E-state index < -0.39 is 11.6 Å². The molecule has 0 unspecified atom stereocenters. The van der Waals surface area contributed by atoms with Gasteiger partial charge in [-0.2, -0.15) is 0 Å². The van der Waals surface area contributed by atoms with Gasteiger partial charge in [0.2, 0.25) is 5.91 Å². The van der Waals surface area contributed by atoms with Crippen LogP contribution in [0.25, 0.3) is 0 Å². The summed E-state index contributed by atoms with van der Waals surface area (Å²) in [6.07, 6.45) is 2.27. The molecule has 1 aliphatic rings. The lowest BCUT2D eigenvalue weighted by molar-refractivity contribution is -0.117. The summed E-state index contributed by atoms with van der Waals surface area (Å²) in [6.45, 7) is 1.82. The van der Waals surface area contributed by atoms with E-state index in [-0.39, 0.29) is 16.1 Å². The van der Waals surface area contributed by atoms with E-state index in [1.54, 1.807) is 0 Å². The summed E-state index contributed by atoms with van der Waals surface area (Å²) < 4.78 is 26.7. The van der Waals surface area contributed by atoms with E-state index in [0.29, 0.717) is 12.3 Å². The molecule has 6 heteroatoms. The van der Waals surface area contributed by atoms with Crippen molar-refractivity contribution in [3.63, 3.8) is 0 Å². The molecule has 0 bridgehead atoms. The lowest BCUT2D eigenvalue weighted by Crippen LogP contribution is -2.30. The number of halogens is 3. The topological polar surface area (TPSA) is 41.1 Å². The van der Waals surface area contributed by atoms with Gasteiger partial charge in [0.1, 0.15) is 11.6 Å². The number of benzene rings is 1. The van der Waals surface area contributed by atoms with Crippen LogP contribution in [-0.2, 0) is 4.79 Å². The highest BCUT2D eigenvalue weighted by Crippen LogP contribution is 2.24. The van der Waals surface area contributed by atoms with Crippen LogP contribution in [-0.4, -0.2) is 19.0 Å². The second-order valence-electron chi connectivity index (χ2n) is 4.69. The molecule has 1 aromatic rings. The Labute approximate surface area is 118 Å². The zero-order valence-electron chi connectivity index (χ0n) is 10.3. The van der Waals surface area contributed by atoms with E-state index in [9.17, 15) is 13.6 Å². The van der Waals surface area contributed by atoms with E-state index in [1.165, 1.54) is 6.07 Å². The molecule has 0 aromatic heterocycles. The SMILES string of the molecule is O=C(CC1CCNCC1)Nc1cc(Br)c(F)cc1F. The van der Waals surface area contributed by atoms with Crippen molar-refractivity contribution in [3.8, 4) is 0 Å². The second kappa shape index (κ2) is 6.43. The lowest BCUT2D eigenvalue weighted by Gasteiger charge is -2.22. The summed E-state index contributed by atoms with van der Waals surface area (Å²) in [5.41, 5.74) is 0.00668. The molecule has 3 nitrogen and oxygen atoms in total. The third kappa shape index (κ3) is 3.98. The molecule has 1 amide bonds. The predicted molar refractivity (Wildman–Crippen MR) is 72.9 cm³/mol. The minimum absolute atomic E-state index is 0.00668. The Morgan fingerprint density at radius 2 is 2.00 bits per heavy atom.